The normalized spacial score (nSPS) is 31.7. The largest absolute Gasteiger partial charge is 0.467 e. The maximum atomic E-state index is 12.8. The van der Waals surface area contributed by atoms with E-state index in [2.05, 4.69) is 13.1 Å². The van der Waals surface area contributed by atoms with E-state index in [4.69, 9.17) is 37.9 Å². The molecule has 10 atom stereocenters. The molecule has 0 aromatic heterocycles. The molecule has 0 aromatic carbocycles. The molecule has 0 unspecified atom stereocenters. The van der Waals surface area contributed by atoms with Gasteiger partial charge in [-0.05, 0) is 0 Å². The molecule has 0 aliphatic carbocycles. The second-order valence-corrected chi connectivity index (χ2v) is 11.4. The summed E-state index contributed by atoms with van der Waals surface area (Å²) in [5.41, 5.74) is 0. The van der Waals surface area contributed by atoms with Crippen molar-refractivity contribution in [3.05, 3.63) is 0 Å². The monoisotopic (exact) mass is 712 g/mol. The zero-order valence-electron chi connectivity index (χ0n) is 24.9. The first-order chi connectivity index (χ1) is 21.2. The van der Waals surface area contributed by atoms with Crippen molar-refractivity contribution >= 4 is 50.6 Å². The Morgan fingerprint density at radius 1 is 0.630 bits per heavy atom. The molecule has 0 radical (unpaired) electrons. The van der Waals surface area contributed by atoms with Crippen LogP contribution in [-0.2, 0) is 95.8 Å². The summed E-state index contributed by atoms with van der Waals surface area (Å²) in [6.07, 6.45) is -20.7. The molecule has 2 aliphatic rings. The fraction of sp³-hybridized carbons (Fsp3) is 0.773. The van der Waals surface area contributed by atoms with Gasteiger partial charge in [0.1, 0.15) is 18.8 Å². The van der Waals surface area contributed by atoms with E-state index in [1.54, 1.807) is 0 Å². The Kier molecular flexibility index (Phi) is 13.7. The highest BCUT2D eigenvalue weighted by Gasteiger charge is 2.59. The number of carbonyl (C=O) groups excluding carboxylic acids is 5. The van der Waals surface area contributed by atoms with Crippen LogP contribution in [0.2, 0.25) is 0 Å². The van der Waals surface area contributed by atoms with Crippen LogP contribution in [-0.4, -0.2) is 138 Å². The molecule has 0 saturated carbocycles. The number of rotatable bonds is 13. The second kappa shape index (κ2) is 16.2. The van der Waals surface area contributed by atoms with Crippen LogP contribution in [0.25, 0.3) is 0 Å². The Morgan fingerprint density at radius 2 is 1.13 bits per heavy atom. The summed E-state index contributed by atoms with van der Waals surface area (Å²) in [6, 6.07) is 0. The van der Waals surface area contributed by atoms with Crippen molar-refractivity contribution in [1.29, 1.82) is 0 Å². The molecular weight excluding hydrogens is 680 g/mol. The third-order valence-corrected chi connectivity index (χ3v) is 6.80. The molecule has 264 valence electrons. The fourth-order valence-electron chi connectivity index (χ4n) is 4.40. The molecular formula is C22H32O22S2. The summed E-state index contributed by atoms with van der Waals surface area (Å²) in [4.78, 5) is 60.3. The molecule has 0 spiro atoms. The minimum atomic E-state index is -5.53. The predicted octanol–water partition coefficient (Wildman–Crippen LogP) is -2.62. The molecule has 2 saturated heterocycles. The van der Waals surface area contributed by atoms with Crippen molar-refractivity contribution in [2.45, 2.75) is 89.1 Å². The van der Waals surface area contributed by atoms with Crippen molar-refractivity contribution in [1.82, 2.24) is 0 Å². The van der Waals surface area contributed by atoms with E-state index >= 15 is 0 Å². The Bertz CT molecular complexity index is 1350. The summed E-state index contributed by atoms with van der Waals surface area (Å²) < 4.78 is 123. The molecule has 2 rings (SSSR count). The van der Waals surface area contributed by atoms with Crippen molar-refractivity contribution in [3.63, 3.8) is 0 Å². The number of hydrogen-bond acceptors (Lipinski definition) is 20. The maximum Gasteiger partial charge on any atom is 0.397 e. The standard InChI is InChI=1S/C22H32O22S2/c1-8(23)36-7-12-13(37-9(2)24)14(38-10(3)25)19(44-46(31,32)33)22(40-12)41-15-16(43-45(28,29)30)18(39-11(4)26)21(35-6)42-17(15)20(27)34-5/h12-19,21-22H,7H2,1-6H3,(H,28,29,30)(H,31,32,33)/t12-,13-,14+,15+,16+,17-,18-,19-,21-,22-/m1/s1. The average molecular weight is 713 g/mol. The lowest BCUT2D eigenvalue weighted by molar-refractivity contribution is -0.348. The van der Waals surface area contributed by atoms with Crippen LogP contribution in [0.1, 0.15) is 27.7 Å². The Balaban J connectivity index is 2.80. The van der Waals surface area contributed by atoms with Gasteiger partial charge < -0.3 is 42.6 Å². The zero-order valence-corrected chi connectivity index (χ0v) is 26.5. The maximum absolute atomic E-state index is 12.8. The molecule has 2 N–H and O–H groups in total. The first-order valence-corrected chi connectivity index (χ1v) is 15.4. The number of hydrogen-bond donors (Lipinski definition) is 2. The van der Waals surface area contributed by atoms with E-state index in [1.165, 1.54) is 0 Å². The molecule has 2 aliphatic heterocycles. The molecule has 22 nitrogen and oxygen atoms in total. The van der Waals surface area contributed by atoms with Gasteiger partial charge in [-0.1, -0.05) is 0 Å². The van der Waals surface area contributed by atoms with E-state index in [0.29, 0.717) is 0 Å². The molecule has 2 heterocycles. The molecule has 2 fully saturated rings. The lowest BCUT2D eigenvalue weighted by Crippen LogP contribution is -2.67. The SMILES string of the molecule is COC(=O)[C@@H]1O[C@@H](OC)[C@H](OC(C)=O)[C@@H](OS(=O)(=O)O)[C@@H]1O[C@H]1O[C@H](COC(C)=O)[C@@H](OC(C)=O)[C@H](OC(C)=O)[C@H]1OS(=O)(=O)O. The molecule has 0 aromatic rings. The van der Waals surface area contributed by atoms with Crippen LogP contribution < -0.4 is 0 Å². The van der Waals surface area contributed by atoms with Gasteiger partial charge in [0.25, 0.3) is 0 Å². The Morgan fingerprint density at radius 3 is 1.59 bits per heavy atom. The van der Waals surface area contributed by atoms with Gasteiger partial charge in [-0.3, -0.25) is 28.3 Å². The molecule has 24 heteroatoms. The van der Waals surface area contributed by atoms with Crippen LogP contribution in [0.4, 0.5) is 0 Å². The zero-order chi connectivity index (χ0) is 35.1. The summed E-state index contributed by atoms with van der Waals surface area (Å²) in [5.74, 6) is -5.50. The molecule has 0 amide bonds. The highest BCUT2D eigenvalue weighted by molar-refractivity contribution is 7.81. The van der Waals surface area contributed by atoms with Crippen molar-refractivity contribution in [2.24, 2.45) is 0 Å². The highest BCUT2D eigenvalue weighted by atomic mass is 32.3. The summed E-state index contributed by atoms with van der Waals surface area (Å²) in [5, 5.41) is 0. The van der Waals surface area contributed by atoms with Gasteiger partial charge >= 0.3 is 50.6 Å². The van der Waals surface area contributed by atoms with Gasteiger partial charge in [0.15, 0.2) is 49.2 Å². The lowest BCUT2D eigenvalue weighted by Gasteiger charge is -2.47. The van der Waals surface area contributed by atoms with E-state index in [-0.39, 0.29) is 0 Å². The predicted molar refractivity (Wildman–Crippen MR) is 137 cm³/mol. The van der Waals surface area contributed by atoms with Gasteiger partial charge in [-0.2, -0.15) is 16.8 Å². The van der Waals surface area contributed by atoms with E-state index in [9.17, 15) is 49.9 Å². The van der Waals surface area contributed by atoms with Crippen LogP contribution in [0.3, 0.4) is 0 Å². The highest BCUT2D eigenvalue weighted by Crippen LogP contribution is 2.36. The quantitative estimate of drug-likeness (QED) is 0.112. The van der Waals surface area contributed by atoms with Gasteiger partial charge in [0, 0.05) is 34.8 Å². The molecule has 46 heavy (non-hydrogen) atoms. The van der Waals surface area contributed by atoms with Gasteiger partial charge in [0.05, 0.1) is 7.11 Å². The third-order valence-electron chi connectivity index (χ3n) is 5.87. The van der Waals surface area contributed by atoms with Gasteiger partial charge in [0.2, 0.25) is 0 Å². The van der Waals surface area contributed by atoms with Crippen molar-refractivity contribution in [3.8, 4) is 0 Å². The van der Waals surface area contributed by atoms with E-state index < -0.39 is 119 Å². The van der Waals surface area contributed by atoms with E-state index in [1.807, 2.05) is 0 Å². The van der Waals surface area contributed by atoms with Crippen LogP contribution in [0.15, 0.2) is 0 Å². The fourth-order valence-corrected chi connectivity index (χ4v) is 5.38. The number of ether oxygens (including phenoxy) is 9. The number of carbonyl (C=O) groups is 5. The molecule has 0 bridgehead atoms. The number of methoxy groups -OCH3 is 2. The van der Waals surface area contributed by atoms with Crippen LogP contribution >= 0.6 is 0 Å². The Hall–Kier alpha value is -3.07. The summed E-state index contributed by atoms with van der Waals surface area (Å²) in [6.45, 7) is 2.79. The van der Waals surface area contributed by atoms with Gasteiger partial charge in [-0.25, -0.2) is 13.2 Å². The van der Waals surface area contributed by atoms with Crippen molar-refractivity contribution < 1.29 is 101 Å². The first-order valence-electron chi connectivity index (χ1n) is 12.7. The van der Waals surface area contributed by atoms with Gasteiger partial charge in [-0.15, -0.1) is 0 Å². The lowest BCUT2D eigenvalue weighted by atomic mass is 9.96. The minimum Gasteiger partial charge on any atom is -0.467 e. The topological polar surface area (TPSA) is 296 Å². The first kappa shape index (κ1) is 39.1. The van der Waals surface area contributed by atoms with Crippen molar-refractivity contribution in [2.75, 3.05) is 20.8 Å². The smallest absolute Gasteiger partial charge is 0.397 e. The summed E-state index contributed by atoms with van der Waals surface area (Å²) >= 11 is 0. The third kappa shape index (κ3) is 11.3. The average Bonchev–Trinajstić information content (AvgIpc) is 2.90. The number of esters is 5. The second-order valence-electron chi connectivity index (χ2n) is 9.33. The summed E-state index contributed by atoms with van der Waals surface area (Å²) in [7, 11) is -9.19. The van der Waals surface area contributed by atoms with Crippen LogP contribution in [0.5, 0.6) is 0 Å². The van der Waals surface area contributed by atoms with E-state index in [0.717, 1.165) is 41.9 Å². The van der Waals surface area contributed by atoms with Crippen LogP contribution in [0, 0.1) is 0 Å². The minimum absolute atomic E-state index is 0.794. The Labute approximate surface area is 261 Å².